The molecule has 34 heavy (non-hydrogen) atoms. The number of aliphatic hydroxyl groups is 1. The van der Waals surface area contributed by atoms with E-state index in [9.17, 15) is 32.3 Å². The molecule has 2 aliphatic rings. The Kier molecular flexibility index (Phi) is 8.07. The van der Waals surface area contributed by atoms with Crippen LogP contribution >= 0.6 is 0 Å². The Hall–Kier alpha value is -2.40. The first-order valence-electron chi connectivity index (χ1n) is 11.3. The molecule has 190 valence electrons. The number of ether oxygens (including phenoxy) is 2. The Morgan fingerprint density at radius 2 is 1.68 bits per heavy atom. The molecule has 1 amide bonds. The summed E-state index contributed by atoms with van der Waals surface area (Å²) in [6, 6.07) is -0.743. The molecule has 0 saturated carbocycles. The predicted molar refractivity (Wildman–Crippen MR) is 113 cm³/mol. The van der Waals surface area contributed by atoms with Crippen LogP contribution in [0.3, 0.4) is 0 Å². The summed E-state index contributed by atoms with van der Waals surface area (Å²) in [5.74, 6) is -9.62. The number of hydrogen-bond donors (Lipinski definition) is 3. The van der Waals surface area contributed by atoms with Gasteiger partial charge < -0.3 is 25.2 Å². The maximum absolute atomic E-state index is 13.9. The molecule has 0 radical (unpaired) electrons. The molecule has 1 aromatic carbocycles. The van der Waals surface area contributed by atoms with Crippen LogP contribution in [0.2, 0.25) is 0 Å². The van der Waals surface area contributed by atoms with Crippen molar-refractivity contribution in [3.05, 3.63) is 29.3 Å². The van der Waals surface area contributed by atoms with Crippen LogP contribution < -0.4 is 15.4 Å². The topological polar surface area (TPSA) is 96.9 Å². The summed E-state index contributed by atoms with van der Waals surface area (Å²) in [4.78, 5) is 25.3. The summed E-state index contributed by atoms with van der Waals surface area (Å²) in [5, 5.41) is 16.6. The largest absolute Gasteiger partial charge is 0.485 e. The quantitative estimate of drug-likeness (QED) is 0.295. The number of aliphatic hydroxyl groups excluding tert-OH is 1. The summed E-state index contributed by atoms with van der Waals surface area (Å²) in [6.45, 7) is 4.09. The van der Waals surface area contributed by atoms with Gasteiger partial charge in [0.05, 0.1) is 12.5 Å². The second kappa shape index (κ2) is 10.5. The zero-order valence-corrected chi connectivity index (χ0v) is 19.3. The first kappa shape index (κ1) is 26.2. The SMILES string of the molecule is CC(C)(C)OC(=O)C[C@H](NC(=O)C1CC2CCC(C1)N2)C(O)COc1c(F)c(F)cc(F)c1F. The molecule has 3 N–H and O–H groups in total. The van der Waals surface area contributed by atoms with Crippen LogP contribution in [-0.4, -0.2) is 53.4 Å². The average Bonchev–Trinajstić information content (AvgIpc) is 3.07. The lowest BCUT2D eigenvalue weighted by Gasteiger charge is -2.31. The monoisotopic (exact) mass is 490 g/mol. The highest BCUT2D eigenvalue weighted by Crippen LogP contribution is 2.31. The van der Waals surface area contributed by atoms with Gasteiger partial charge in [-0.3, -0.25) is 9.59 Å². The molecule has 0 aromatic heterocycles. The Morgan fingerprint density at radius 3 is 2.21 bits per heavy atom. The molecule has 2 heterocycles. The number of hydrogen-bond acceptors (Lipinski definition) is 6. The summed E-state index contributed by atoms with van der Waals surface area (Å²) in [7, 11) is 0. The van der Waals surface area contributed by atoms with Crippen LogP contribution in [0.1, 0.15) is 52.9 Å². The van der Waals surface area contributed by atoms with Gasteiger partial charge in [-0.25, -0.2) is 8.78 Å². The van der Waals surface area contributed by atoms with Crippen LogP contribution in [0, 0.1) is 29.2 Å². The maximum atomic E-state index is 13.9. The van der Waals surface area contributed by atoms with Crippen molar-refractivity contribution in [1.29, 1.82) is 0 Å². The first-order valence-corrected chi connectivity index (χ1v) is 11.3. The third-order valence-electron chi connectivity index (χ3n) is 5.91. The van der Waals surface area contributed by atoms with Gasteiger partial charge in [-0.05, 0) is 46.5 Å². The van der Waals surface area contributed by atoms with E-state index in [1.807, 2.05) is 0 Å². The number of rotatable bonds is 8. The van der Waals surface area contributed by atoms with Gasteiger partial charge in [0.15, 0.2) is 17.4 Å². The molecule has 3 rings (SSSR count). The minimum absolute atomic E-state index is 0.0334. The van der Waals surface area contributed by atoms with Crippen molar-refractivity contribution in [3.8, 4) is 5.75 Å². The number of piperidine rings is 1. The Morgan fingerprint density at radius 1 is 1.12 bits per heavy atom. The Labute approximate surface area is 195 Å². The fourth-order valence-electron chi connectivity index (χ4n) is 4.38. The summed E-state index contributed by atoms with van der Waals surface area (Å²) in [5.41, 5.74) is -0.827. The van der Waals surface area contributed by atoms with Crippen LogP contribution in [-0.2, 0) is 14.3 Å². The second-order valence-corrected chi connectivity index (χ2v) is 9.89. The van der Waals surface area contributed by atoms with Crippen molar-refractivity contribution in [3.63, 3.8) is 0 Å². The molecule has 1 aromatic rings. The lowest BCUT2D eigenvalue weighted by Crippen LogP contribution is -2.51. The first-order chi connectivity index (χ1) is 15.8. The summed E-state index contributed by atoms with van der Waals surface area (Å²) in [6.07, 6.45) is 1.05. The summed E-state index contributed by atoms with van der Waals surface area (Å²) < 4.78 is 64.7. The second-order valence-electron chi connectivity index (χ2n) is 9.89. The van der Waals surface area contributed by atoms with Gasteiger partial charge in [-0.1, -0.05) is 0 Å². The molecule has 7 nitrogen and oxygen atoms in total. The molecule has 4 atom stereocenters. The number of benzene rings is 1. The number of fused-ring (bicyclic) bond motifs is 2. The average molecular weight is 490 g/mol. The van der Waals surface area contributed by atoms with E-state index in [0.717, 1.165) is 12.8 Å². The highest BCUT2D eigenvalue weighted by atomic mass is 19.2. The van der Waals surface area contributed by atoms with E-state index >= 15 is 0 Å². The van der Waals surface area contributed by atoms with Crippen LogP contribution in [0.15, 0.2) is 6.07 Å². The number of carbonyl (C=O) groups is 2. The van der Waals surface area contributed by atoms with Crippen molar-refractivity contribution in [1.82, 2.24) is 10.6 Å². The molecule has 11 heteroatoms. The van der Waals surface area contributed by atoms with Crippen molar-refractivity contribution in [2.24, 2.45) is 5.92 Å². The van der Waals surface area contributed by atoms with Gasteiger partial charge in [0.1, 0.15) is 18.3 Å². The number of nitrogens with one attached hydrogen (secondary N) is 2. The standard InChI is InChI=1S/C23H30F4N2O5/c1-23(2,3)34-18(31)9-16(29-22(32)11-6-12-4-5-13(7-11)28-12)17(30)10-33-21-19(26)14(24)8-15(25)20(21)27/h8,11-13,16-17,28,30H,4-7,9-10H2,1-3H3,(H,29,32)/t11?,12?,13?,16-,17?/m0/s1. The zero-order valence-electron chi connectivity index (χ0n) is 19.3. The summed E-state index contributed by atoms with van der Waals surface area (Å²) >= 11 is 0. The molecular weight excluding hydrogens is 460 g/mol. The van der Waals surface area contributed by atoms with Crippen LogP contribution in [0.25, 0.3) is 0 Å². The number of halogens is 4. The van der Waals surface area contributed by atoms with E-state index in [0.29, 0.717) is 12.8 Å². The smallest absolute Gasteiger partial charge is 0.308 e. The molecule has 2 aliphatic heterocycles. The fraction of sp³-hybridized carbons (Fsp3) is 0.652. The Bertz CT molecular complexity index is 885. The number of esters is 1. The normalized spacial score (nSPS) is 23.8. The van der Waals surface area contributed by atoms with Gasteiger partial charge in [0, 0.05) is 24.1 Å². The van der Waals surface area contributed by atoms with E-state index in [2.05, 4.69) is 10.6 Å². The van der Waals surface area contributed by atoms with Crippen LogP contribution in [0.5, 0.6) is 5.75 Å². The molecule has 2 bridgehead atoms. The molecule has 0 aliphatic carbocycles. The molecule has 3 unspecified atom stereocenters. The molecular formula is C23H30F4N2O5. The van der Waals surface area contributed by atoms with E-state index in [-0.39, 0.29) is 30.0 Å². The van der Waals surface area contributed by atoms with Gasteiger partial charge in [0.2, 0.25) is 17.5 Å². The molecule has 2 fully saturated rings. The molecule has 2 saturated heterocycles. The van der Waals surface area contributed by atoms with E-state index < -0.39 is 65.8 Å². The van der Waals surface area contributed by atoms with Crippen molar-refractivity contribution < 1.29 is 41.7 Å². The minimum atomic E-state index is -1.76. The minimum Gasteiger partial charge on any atom is -0.485 e. The van der Waals surface area contributed by atoms with E-state index in [1.54, 1.807) is 20.8 Å². The Balaban J connectivity index is 1.70. The van der Waals surface area contributed by atoms with E-state index in [4.69, 9.17) is 9.47 Å². The number of carbonyl (C=O) groups excluding carboxylic acids is 2. The number of amides is 1. The lowest BCUT2D eigenvalue weighted by molar-refractivity contribution is -0.156. The zero-order chi connectivity index (χ0) is 25.2. The van der Waals surface area contributed by atoms with Gasteiger partial charge in [0.25, 0.3) is 0 Å². The van der Waals surface area contributed by atoms with E-state index in [1.165, 1.54) is 0 Å². The highest BCUT2D eigenvalue weighted by Gasteiger charge is 2.38. The van der Waals surface area contributed by atoms with Crippen molar-refractivity contribution in [2.75, 3.05) is 6.61 Å². The lowest BCUT2D eigenvalue weighted by atomic mass is 9.91. The van der Waals surface area contributed by atoms with Crippen molar-refractivity contribution in [2.45, 2.75) is 82.7 Å². The highest BCUT2D eigenvalue weighted by molar-refractivity contribution is 5.80. The van der Waals surface area contributed by atoms with Gasteiger partial charge in [-0.2, -0.15) is 8.78 Å². The van der Waals surface area contributed by atoms with Gasteiger partial charge >= 0.3 is 5.97 Å². The van der Waals surface area contributed by atoms with Crippen LogP contribution in [0.4, 0.5) is 17.6 Å². The predicted octanol–water partition coefficient (Wildman–Crippen LogP) is 2.73. The fourth-order valence-corrected chi connectivity index (χ4v) is 4.38. The van der Waals surface area contributed by atoms with Gasteiger partial charge in [-0.15, -0.1) is 0 Å². The third kappa shape index (κ3) is 6.59. The van der Waals surface area contributed by atoms with Crippen molar-refractivity contribution >= 4 is 11.9 Å². The maximum Gasteiger partial charge on any atom is 0.308 e. The third-order valence-corrected chi connectivity index (χ3v) is 5.91. The molecule has 0 spiro atoms.